The second kappa shape index (κ2) is 11.0. The first-order valence-electron chi connectivity index (χ1n) is 11.9. The fourth-order valence-electron chi connectivity index (χ4n) is 4.28. The number of aryl methyl sites for hydroxylation is 2. The highest BCUT2D eigenvalue weighted by atomic mass is 79.9. The number of nitrogens with zero attached hydrogens (tertiary/aromatic N) is 1. The zero-order valence-electron chi connectivity index (χ0n) is 20.8. The van der Waals surface area contributed by atoms with E-state index in [0.29, 0.717) is 23.5 Å². The van der Waals surface area contributed by atoms with Gasteiger partial charge in [-0.15, -0.1) is 0 Å². The summed E-state index contributed by atoms with van der Waals surface area (Å²) in [5.74, 6) is 0.348. The molecule has 0 radical (unpaired) electrons. The molecule has 184 valence electrons. The lowest BCUT2D eigenvalue weighted by atomic mass is 10.1. The van der Waals surface area contributed by atoms with Crippen molar-refractivity contribution in [1.82, 2.24) is 0 Å². The Morgan fingerprint density at radius 3 is 2.25 bits per heavy atom. The van der Waals surface area contributed by atoms with E-state index in [9.17, 15) is 9.59 Å². The second-order valence-electron chi connectivity index (χ2n) is 8.74. The predicted molar refractivity (Wildman–Crippen MR) is 150 cm³/mol. The molecule has 0 aliphatic heterocycles. The summed E-state index contributed by atoms with van der Waals surface area (Å²) in [4.78, 5) is 27.9. The molecule has 1 N–H and O–H groups in total. The molecule has 2 amide bonds. The maximum Gasteiger partial charge on any atom is 0.265 e. The second-order valence-corrected chi connectivity index (χ2v) is 9.66. The zero-order chi connectivity index (χ0) is 25.8. The van der Waals surface area contributed by atoms with Crippen LogP contribution in [0.25, 0.3) is 10.8 Å². The van der Waals surface area contributed by atoms with E-state index >= 15 is 0 Å². The summed E-state index contributed by atoms with van der Waals surface area (Å²) in [6.45, 7) is 8.12. The topological polar surface area (TPSA) is 58.6 Å². The number of ether oxygens (including phenoxy) is 1. The Bertz CT molecular complexity index is 1390. The van der Waals surface area contributed by atoms with Crippen LogP contribution in [0.3, 0.4) is 0 Å². The van der Waals surface area contributed by atoms with Crippen molar-refractivity contribution in [3.63, 3.8) is 0 Å². The van der Waals surface area contributed by atoms with Crippen LogP contribution in [0.1, 0.15) is 35.3 Å². The number of hydrogen-bond donors (Lipinski definition) is 1. The normalized spacial score (nSPS) is 11.7. The van der Waals surface area contributed by atoms with Gasteiger partial charge in [0.2, 0.25) is 0 Å². The number of anilines is 2. The number of nitrogens with one attached hydrogen (secondary N) is 1. The molecule has 0 aliphatic carbocycles. The number of carbonyl (C=O) groups excluding carboxylic acids is 2. The van der Waals surface area contributed by atoms with Gasteiger partial charge in [0, 0.05) is 27.7 Å². The molecule has 0 saturated carbocycles. The summed E-state index contributed by atoms with van der Waals surface area (Å²) in [6.07, 6.45) is -0.688. The predicted octanol–water partition coefficient (Wildman–Crippen LogP) is 7.29. The van der Waals surface area contributed by atoms with Gasteiger partial charge in [-0.3, -0.25) is 9.59 Å². The van der Waals surface area contributed by atoms with Gasteiger partial charge in [0.1, 0.15) is 5.75 Å². The Morgan fingerprint density at radius 1 is 0.944 bits per heavy atom. The average Bonchev–Trinajstić information content (AvgIpc) is 2.87. The van der Waals surface area contributed by atoms with Crippen molar-refractivity contribution in [2.45, 2.75) is 33.8 Å². The van der Waals surface area contributed by atoms with Gasteiger partial charge < -0.3 is 15.0 Å². The fourth-order valence-corrected chi connectivity index (χ4v) is 4.96. The highest BCUT2D eigenvalue weighted by molar-refractivity contribution is 9.10. The van der Waals surface area contributed by atoms with Crippen molar-refractivity contribution in [1.29, 1.82) is 0 Å². The van der Waals surface area contributed by atoms with Gasteiger partial charge in [-0.1, -0.05) is 52.3 Å². The number of rotatable bonds is 7. The van der Waals surface area contributed by atoms with Crippen LogP contribution in [-0.4, -0.2) is 24.5 Å². The molecule has 4 aromatic carbocycles. The van der Waals surface area contributed by atoms with Gasteiger partial charge >= 0.3 is 0 Å². The van der Waals surface area contributed by atoms with E-state index in [4.69, 9.17) is 4.74 Å². The number of amides is 2. The van der Waals surface area contributed by atoms with Crippen molar-refractivity contribution >= 4 is 49.9 Å². The number of hydrogen-bond acceptors (Lipinski definition) is 3. The minimum atomic E-state index is -0.688. The minimum absolute atomic E-state index is 0.0929. The maximum atomic E-state index is 13.4. The van der Waals surface area contributed by atoms with E-state index in [1.807, 2.05) is 75.4 Å². The van der Waals surface area contributed by atoms with Gasteiger partial charge in [0.15, 0.2) is 6.10 Å². The summed E-state index contributed by atoms with van der Waals surface area (Å²) >= 11 is 3.48. The Labute approximate surface area is 220 Å². The first-order chi connectivity index (χ1) is 17.3. The van der Waals surface area contributed by atoms with E-state index in [2.05, 4.69) is 21.2 Å². The molecular formula is C30H29BrN2O3. The van der Waals surface area contributed by atoms with E-state index in [1.165, 1.54) is 0 Å². The lowest BCUT2D eigenvalue weighted by Gasteiger charge is -2.23. The zero-order valence-corrected chi connectivity index (χ0v) is 22.4. The molecule has 5 nitrogen and oxygen atoms in total. The highest BCUT2D eigenvalue weighted by Gasteiger charge is 2.20. The molecule has 0 spiro atoms. The SMILES string of the molecule is CCN(C(=O)c1ccc(NC(=O)C(C)Oc2c(C)cc(Br)cc2C)cc1)c1cccc2ccccc12. The van der Waals surface area contributed by atoms with Crippen LogP contribution < -0.4 is 15.0 Å². The Balaban J connectivity index is 1.46. The van der Waals surface area contributed by atoms with E-state index in [-0.39, 0.29) is 11.8 Å². The standard InChI is InChI=1S/C30H29BrN2O3/c1-5-33(27-12-8-10-22-9-6-7-11-26(22)27)30(35)23-13-15-25(16-14-23)32-29(34)21(4)36-28-19(2)17-24(31)18-20(28)3/h6-18,21H,5H2,1-4H3,(H,32,34). The van der Waals surface area contributed by atoms with Crippen LogP contribution >= 0.6 is 15.9 Å². The number of fused-ring (bicyclic) bond motifs is 1. The molecule has 0 aliphatic rings. The van der Waals surface area contributed by atoms with Crippen LogP contribution in [-0.2, 0) is 4.79 Å². The molecule has 0 aromatic heterocycles. The summed E-state index contributed by atoms with van der Waals surface area (Å²) in [5, 5.41) is 5.00. The van der Waals surface area contributed by atoms with Crippen LogP contribution in [0.15, 0.2) is 83.3 Å². The quantitative estimate of drug-likeness (QED) is 0.265. The molecule has 1 atom stereocenters. The van der Waals surface area contributed by atoms with Gasteiger partial charge in [-0.25, -0.2) is 0 Å². The molecule has 36 heavy (non-hydrogen) atoms. The highest BCUT2D eigenvalue weighted by Crippen LogP contribution is 2.29. The van der Waals surface area contributed by atoms with Crippen molar-refractivity contribution in [2.24, 2.45) is 0 Å². The van der Waals surface area contributed by atoms with Crippen molar-refractivity contribution in [3.8, 4) is 5.75 Å². The Kier molecular flexibility index (Phi) is 7.75. The molecule has 0 heterocycles. The van der Waals surface area contributed by atoms with Gasteiger partial charge in [-0.2, -0.15) is 0 Å². The number of carbonyl (C=O) groups is 2. The van der Waals surface area contributed by atoms with Crippen LogP contribution in [0, 0.1) is 13.8 Å². The molecule has 4 rings (SSSR count). The average molecular weight is 545 g/mol. The summed E-state index contributed by atoms with van der Waals surface area (Å²) in [6, 6.07) is 24.9. The summed E-state index contributed by atoms with van der Waals surface area (Å²) in [5.41, 5.74) is 3.94. The fraction of sp³-hybridized carbons (Fsp3) is 0.200. The third kappa shape index (κ3) is 5.44. The van der Waals surface area contributed by atoms with Crippen molar-refractivity contribution < 1.29 is 14.3 Å². The Hall–Kier alpha value is -3.64. The molecule has 0 bridgehead atoms. The summed E-state index contributed by atoms with van der Waals surface area (Å²) < 4.78 is 6.93. The number of halogens is 1. The lowest BCUT2D eigenvalue weighted by Crippen LogP contribution is -2.31. The molecule has 1 unspecified atom stereocenters. The van der Waals surface area contributed by atoms with E-state index in [1.54, 1.807) is 36.1 Å². The van der Waals surface area contributed by atoms with Crippen LogP contribution in [0.4, 0.5) is 11.4 Å². The third-order valence-electron chi connectivity index (χ3n) is 6.11. The maximum absolute atomic E-state index is 13.4. The van der Waals surface area contributed by atoms with Crippen LogP contribution in [0.2, 0.25) is 0 Å². The van der Waals surface area contributed by atoms with Gasteiger partial charge in [0.25, 0.3) is 11.8 Å². The Morgan fingerprint density at radius 2 is 1.58 bits per heavy atom. The minimum Gasteiger partial charge on any atom is -0.480 e. The third-order valence-corrected chi connectivity index (χ3v) is 6.56. The molecule has 4 aromatic rings. The summed E-state index contributed by atoms with van der Waals surface area (Å²) in [7, 11) is 0. The van der Waals surface area contributed by atoms with E-state index in [0.717, 1.165) is 32.1 Å². The van der Waals surface area contributed by atoms with Gasteiger partial charge in [0.05, 0.1) is 5.69 Å². The van der Waals surface area contributed by atoms with Gasteiger partial charge in [-0.05, 0) is 86.7 Å². The lowest BCUT2D eigenvalue weighted by molar-refractivity contribution is -0.122. The molecule has 6 heteroatoms. The molecule has 0 saturated heterocycles. The largest absolute Gasteiger partial charge is 0.480 e. The monoisotopic (exact) mass is 544 g/mol. The first kappa shape index (κ1) is 25.5. The number of benzene rings is 4. The van der Waals surface area contributed by atoms with E-state index < -0.39 is 6.10 Å². The molecule has 0 fully saturated rings. The smallest absolute Gasteiger partial charge is 0.265 e. The van der Waals surface area contributed by atoms with Crippen molar-refractivity contribution in [2.75, 3.05) is 16.8 Å². The molecular weight excluding hydrogens is 516 g/mol. The van der Waals surface area contributed by atoms with Crippen molar-refractivity contribution in [3.05, 3.63) is 100 Å². The van der Waals surface area contributed by atoms with Crippen LogP contribution in [0.5, 0.6) is 5.75 Å². The first-order valence-corrected chi connectivity index (χ1v) is 12.7.